The maximum absolute atomic E-state index is 13.1. The van der Waals surface area contributed by atoms with Gasteiger partial charge in [-0.3, -0.25) is 14.6 Å². The van der Waals surface area contributed by atoms with E-state index in [2.05, 4.69) is 15.6 Å². The minimum Gasteiger partial charge on any atom is -0.383 e. The van der Waals surface area contributed by atoms with Gasteiger partial charge in [0.15, 0.2) is 9.84 Å². The molecule has 28 heavy (non-hydrogen) atoms. The molecular formula is C19H23N3O5S. The second-order valence-corrected chi connectivity index (χ2v) is 8.22. The van der Waals surface area contributed by atoms with Gasteiger partial charge in [-0.1, -0.05) is 23.8 Å². The molecule has 0 radical (unpaired) electrons. The Balaban J connectivity index is 2.20. The number of pyridine rings is 1. The normalized spacial score (nSPS) is 12.2. The summed E-state index contributed by atoms with van der Waals surface area (Å²) in [6.07, 6.45) is 2.96. The molecule has 1 aromatic heterocycles. The van der Waals surface area contributed by atoms with Crippen molar-refractivity contribution >= 4 is 21.7 Å². The van der Waals surface area contributed by atoms with E-state index in [1.807, 2.05) is 6.92 Å². The van der Waals surface area contributed by atoms with Crippen LogP contribution >= 0.6 is 0 Å². The largest absolute Gasteiger partial charge is 0.383 e. The number of sulfone groups is 1. The van der Waals surface area contributed by atoms with Gasteiger partial charge in [-0.2, -0.15) is 0 Å². The lowest BCUT2D eigenvalue weighted by Gasteiger charge is -2.18. The number of ether oxygens (including phenoxy) is 1. The molecule has 2 rings (SSSR count). The summed E-state index contributed by atoms with van der Waals surface area (Å²) in [6, 6.07) is 9.69. The van der Waals surface area contributed by atoms with Gasteiger partial charge in [-0.25, -0.2) is 8.42 Å². The molecule has 150 valence electrons. The topological polar surface area (TPSA) is 114 Å². The Bertz CT molecular complexity index is 899. The quantitative estimate of drug-likeness (QED) is 0.496. The number of carbonyl (C=O) groups is 2. The molecule has 2 N–H and O–H groups in total. The fourth-order valence-corrected chi connectivity index (χ4v) is 4.12. The van der Waals surface area contributed by atoms with Crippen LogP contribution in [-0.4, -0.2) is 52.0 Å². The van der Waals surface area contributed by atoms with Crippen molar-refractivity contribution in [2.45, 2.75) is 17.1 Å². The van der Waals surface area contributed by atoms with E-state index in [0.29, 0.717) is 5.56 Å². The maximum atomic E-state index is 13.1. The molecule has 2 aromatic rings. The van der Waals surface area contributed by atoms with Crippen molar-refractivity contribution in [1.82, 2.24) is 15.6 Å². The van der Waals surface area contributed by atoms with E-state index in [-0.39, 0.29) is 24.6 Å². The number of carbonyl (C=O) groups excluding carboxylic acids is 2. The SMILES string of the molecule is COCCNC(=O)C(=O)NC[C@H](c1cccnc1)S(=O)(=O)c1ccc(C)cc1. The van der Waals surface area contributed by atoms with Crippen LogP contribution < -0.4 is 10.6 Å². The van der Waals surface area contributed by atoms with Crippen LogP contribution in [0.2, 0.25) is 0 Å². The van der Waals surface area contributed by atoms with Crippen LogP contribution in [0.1, 0.15) is 16.4 Å². The van der Waals surface area contributed by atoms with Crippen molar-refractivity contribution in [3.8, 4) is 0 Å². The highest BCUT2D eigenvalue weighted by Gasteiger charge is 2.30. The molecule has 0 saturated carbocycles. The fourth-order valence-electron chi connectivity index (χ4n) is 2.48. The Morgan fingerprint density at radius 1 is 1.11 bits per heavy atom. The molecule has 1 heterocycles. The minimum atomic E-state index is -3.82. The van der Waals surface area contributed by atoms with E-state index in [0.717, 1.165) is 5.56 Å². The number of nitrogens with zero attached hydrogens (tertiary/aromatic N) is 1. The zero-order valence-corrected chi connectivity index (χ0v) is 16.5. The first-order valence-electron chi connectivity index (χ1n) is 8.61. The van der Waals surface area contributed by atoms with Crippen LogP contribution in [-0.2, 0) is 24.2 Å². The monoisotopic (exact) mass is 405 g/mol. The molecule has 0 spiro atoms. The number of aryl methyl sites for hydroxylation is 1. The van der Waals surface area contributed by atoms with Gasteiger partial charge < -0.3 is 15.4 Å². The van der Waals surface area contributed by atoms with Crippen LogP contribution in [0.5, 0.6) is 0 Å². The van der Waals surface area contributed by atoms with Crippen LogP contribution in [0.4, 0.5) is 0 Å². The Hall–Kier alpha value is -2.78. The summed E-state index contributed by atoms with van der Waals surface area (Å²) in [5, 5.41) is 3.70. The van der Waals surface area contributed by atoms with E-state index >= 15 is 0 Å². The first-order valence-corrected chi connectivity index (χ1v) is 10.2. The molecule has 2 amide bonds. The van der Waals surface area contributed by atoms with Gasteiger partial charge in [0.25, 0.3) is 0 Å². The lowest BCUT2D eigenvalue weighted by atomic mass is 10.2. The number of rotatable bonds is 8. The van der Waals surface area contributed by atoms with Gasteiger partial charge in [0, 0.05) is 32.6 Å². The molecule has 0 aliphatic carbocycles. The molecule has 0 unspecified atom stereocenters. The molecule has 1 atom stereocenters. The average molecular weight is 405 g/mol. The second-order valence-electron chi connectivity index (χ2n) is 6.09. The number of nitrogens with one attached hydrogen (secondary N) is 2. The summed E-state index contributed by atoms with van der Waals surface area (Å²) in [5.74, 6) is -1.76. The van der Waals surface area contributed by atoms with Gasteiger partial charge in [0.2, 0.25) is 0 Å². The van der Waals surface area contributed by atoms with Crippen LogP contribution in [0, 0.1) is 6.92 Å². The maximum Gasteiger partial charge on any atom is 0.309 e. The highest BCUT2D eigenvalue weighted by atomic mass is 32.2. The molecule has 0 fully saturated rings. The van der Waals surface area contributed by atoms with Gasteiger partial charge in [-0.05, 0) is 30.7 Å². The zero-order chi connectivity index (χ0) is 20.6. The van der Waals surface area contributed by atoms with Crippen molar-refractivity contribution in [1.29, 1.82) is 0 Å². The van der Waals surface area contributed by atoms with E-state index in [9.17, 15) is 18.0 Å². The van der Waals surface area contributed by atoms with Gasteiger partial charge >= 0.3 is 11.8 Å². The molecule has 0 aliphatic heterocycles. The first-order chi connectivity index (χ1) is 13.4. The van der Waals surface area contributed by atoms with Crippen LogP contribution in [0.3, 0.4) is 0 Å². The predicted molar refractivity (Wildman–Crippen MR) is 103 cm³/mol. The zero-order valence-electron chi connectivity index (χ0n) is 15.7. The standard InChI is InChI=1S/C19H23N3O5S/c1-14-5-7-16(8-6-14)28(25,26)17(15-4-3-9-20-12-15)13-22-19(24)18(23)21-10-11-27-2/h3-9,12,17H,10-11,13H2,1-2H3,(H,21,23)(H,22,24)/t17-/m1/s1. The molecule has 1 aromatic carbocycles. The van der Waals surface area contributed by atoms with Crippen molar-refractivity contribution in [2.75, 3.05) is 26.8 Å². The Morgan fingerprint density at radius 2 is 1.79 bits per heavy atom. The van der Waals surface area contributed by atoms with Crippen molar-refractivity contribution in [2.24, 2.45) is 0 Å². The summed E-state index contributed by atoms with van der Waals surface area (Å²) in [7, 11) is -2.35. The van der Waals surface area contributed by atoms with Gasteiger partial charge in [0.05, 0.1) is 11.5 Å². The highest BCUT2D eigenvalue weighted by Crippen LogP contribution is 2.28. The highest BCUT2D eigenvalue weighted by molar-refractivity contribution is 7.91. The lowest BCUT2D eigenvalue weighted by molar-refractivity contribution is -0.139. The molecule has 8 nitrogen and oxygen atoms in total. The Kier molecular flexibility index (Phi) is 7.65. The number of hydrogen-bond acceptors (Lipinski definition) is 6. The second kappa shape index (κ2) is 9.95. The third kappa shape index (κ3) is 5.61. The Morgan fingerprint density at radius 3 is 2.39 bits per heavy atom. The van der Waals surface area contributed by atoms with Crippen molar-refractivity contribution in [3.63, 3.8) is 0 Å². The number of amides is 2. The summed E-state index contributed by atoms with van der Waals surface area (Å²) in [5.41, 5.74) is 1.35. The summed E-state index contributed by atoms with van der Waals surface area (Å²) in [6.45, 7) is 2.03. The molecule has 0 aliphatic rings. The van der Waals surface area contributed by atoms with E-state index < -0.39 is 26.9 Å². The van der Waals surface area contributed by atoms with Gasteiger partial charge in [0.1, 0.15) is 5.25 Å². The third-order valence-corrected chi connectivity index (χ3v) is 6.14. The summed E-state index contributed by atoms with van der Waals surface area (Å²) in [4.78, 5) is 27.9. The van der Waals surface area contributed by atoms with Gasteiger partial charge in [-0.15, -0.1) is 0 Å². The number of methoxy groups -OCH3 is 1. The third-order valence-electron chi connectivity index (χ3n) is 4.03. The smallest absolute Gasteiger partial charge is 0.309 e. The van der Waals surface area contributed by atoms with Crippen molar-refractivity contribution in [3.05, 3.63) is 59.9 Å². The van der Waals surface area contributed by atoms with E-state index in [1.54, 1.807) is 24.3 Å². The molecule has 0 saturated heterocycles. The molecular weight excluding hydrogens is 382 g/mol. The van der Waals surface area contributed by atoms with Crippen molar-refractivity contribution < 1.29 is 22.7 Å². The first kappa shape index (κ1) is 21.5. The number of benzene rings is 1. The van der Waals surface area contributed by atoms with E-state index in [4.69, 9.17) is 4.74 Å². The molecule has 9 heteroatoms. The van der Waals surface area contributed by atoms with Crippen LogP contribution in [0.25, 0.3) is 0 Å². The molecule has 0 bridgehead atoms. The lowest BCUT2D eigenvalue weighted by Crippen LogP contribution is -2.43. The minimum absolute atomic E-state index is 0.130. The Labute approximate surface area is 164 Å². The van der Waals surface area contributed by atoms with E-state index in [1.165, 1.54) is 31.6 Å². The predicted octanol–water partition coefficient (Wildman–Crippen LogP) is 0.784. The summed E-state index contributed by atoms with van der Waals surface area (Å²) < 4.78 is 31.1. The summed E-state index contributed by atoms with van der Waals surface area (Å²) >= 11 is 0. The fraction of sp³-hybridized carbons (Fsp3) is 0.316. The number of hydrogen-bond donors (Lipinski definition) is 2. The average Bonchev–Trinajstić information content (AvgIpc) is 2.69. The number of aromatic nitrogens is 1. The van der Waals surface area contributed by atoms with Crippen LogP contribution in [0.15, 0.2) is 53.7 Å².